The fourth-order valence-corrected chi connectivity index (χ4v) is 6.61. The summed E-state index contributed by atoms with van der Waals surface area (Å²) < 4.78 is 0. The van der Waals surface area contributed by atoms with Crippen molar-refractivity contribution in [3.05, 3.63) is 29.7 Å². The summed E-state index contributed by atoms with van der Waals surface area (Å²) in [7, 11) is 0. The summed E-state index contributed by atoms with van der Waals surface area (Å²) in [5, 5.41) is 0. The van der Waals surface area contributed by atoms with Gasteiger partial charge in [-0.25, -0.2) is 0 Å². The first-order chi connectivity index (χ1) is 11.9. The van der Waals surface area contributed by atoms with Gasteiger partial charge >= 0.3 is 0 Å². The standard InChI is InChI=1S/C24H37/c1-2-7-16-24(17-9-13-21(19-24)11-4-1)23-15-6-3-5-10-20-12-8-14-22(23)18-20/h8,12,14,21,23H,1-7,9-11,13,15-19H2. The van der Waals surface area contributed by atoms with Crippen LogP contribution in [0.3, 0.4) is 0 Å². The van der Waals surface area contributed by atoms with Gasteiger partial charge in [-0.05, 0) is 62.2 Å². The summed E-state index contributed by atoms with van der Waals surface area (Å²) in [4.78, 5) is 0. The highest BCUT2D eigenvalue weighted by Crippen LogP contribution is 2.56. The molecule has 133 valence electrons. The van der Waals surface area contributed by atoms with E-state index in [1.807, 2.05) is 5.92 Å². The monoisotopic (exact) mass is 325 g/mol. The first kappa shape index (κ1) is 16.9. The van der Waals surface area contributed by atoms with Crippen LogP contribution in [0, 0.1) is 23.2 Å². The summed E-state index contributed by atoms with van der Waals surface area (Å²) in [6, 6.07) is 0. The maximum absolute atomic E-state index is 2.53. The Labute approximate surface area is 150 Å². The van der Waals surface area contributed by atoms with Crippen molar-refractivity contribution in [1.29, 1.82) is 0 Å². The molecule has 24 heavy (non-hydrogen) atoms. The number of allylic oxidation sites excluding steroid dienone is 4. The SMILES string of the molecule is C1=C[C]2CC(=C1)CCCCCC2C12CCCCCCC(CCC1)C2. The normalized spacial score (nSPS) is 38.8. The van der Waals surface area contributed by atoms with E-state index in [0.29, 0.717) is 5.41 Å². The molecule has 3 atom stereocenters. The summed E-state index contributed by atoms with van der Waals surface area (Å²) >= 11 is 0. The molecule has 0 aromatic rings. The smallest absolute Gasteiger partial charge is 0.00525 e. The van der Waals surface area contributed by atoms with Crippen LogP contribution in [0.15, 0.2) is 23.8 Å². The van der Waals surface area contributed by atoms with Crippen molar-refractivity contribution in [3.8, 4) is 0 Å². The van der Waals surface area contributed by atoms with E-state index in [1.165, 1.54) is 96.3 Å². The lowest BCUT2D eigenvalue weighted by molar-refractivity contribution is 0.0529. The second kappa shape index (κ2) is 7.79. The maximum Gasteiger partial charge on any atom is 0.00525 e. The van der Waals surface area contributed by atoms with Crippen LogP contribution < -0.4 is 0 Å². The Morgan fingerprint density at radius 1 is 0.792 bits per heavy atom. The first-order valence-corrected chi connectivity index (χ1v) is 11.1. The van der Waals surface area contributed by atoms with Crippen LogP contribution in [-0.4, -0.2) is 0 Å². The van der Waals surface area contributed by atoms with Crippen LogP contribution in [0.2, 0.25) is 0 Å². The highest BCUT2D eigenvalue weighted by atomic mass is 14.5. The Bertz CT molecular complexity index is 470. The molecular weight excluding hydrogens is 288 g/mol. The van der Waals surface area contributed by atoms with E-state index >= 15 is 0 Å². The van der Waals surface area contributed by atoms with Crippen LogP contribution in [0.5, 0.6) is 0 Å². The Morgan fingerprint density at radius 2 is 1.58 bits per heavy atom. The maximum atomic E-state index is 2.53. The van der Waals surface area contributed by atoms with Crippen LogP contribution in [0.4, 0.5) is 0 Å². The molecule has 0 heteroatoms. The van der Waals surface area contributed by atoms with E-state index in [-0.39, 0.29) is 0 Å². The van der Waals surface area contributed by atoms with E-state index in [4.69, 9.17) is 0 Å². The highest BCUT2D eigenvalue weighted by Gasteiger charge is 2.45. The van der Waals surface area contributed by atoms with Crippen LogP contribution in [0.1, 0.15) is 103 Å². The first-order valence-electron chi connectivity index (χ1n) is 11.1. The third kappa shape index (κ3) is 3.68. The lowest BCUT2D eigenvalue weighted by Crippen LogP contribution is -2.39. The summed E-state index contributed by atoms with van der Waals surface area (Å²) in [6.07, 6.45) is 31.1. The molecule has 0 amide bonds. The fraction of sp³-hybridized carbons (Fsp3) is 0.792. The van der Waals surface area contributed by atoms with Gasteiger partial charge in [0.05, 0.1) is 0 Å². The number of hydrogen-bond acceptors (Lipinski definition) is 0. The van der Waals surface area contributed by atoms with E-state index in [2.05, 4.69) is 18.2 Å². The predicted molar refractivity (Wildman–Crippen MR) is 104 cm³/mol. The molecule has 4 aliphatic carbocycles. The molecule has 4 bridgehead atoms. The molecule has 4 aliphatic rings. The topological polar surface area (TPSA) is 0 Å². The molecule has 0 nitrogen and oxygen atoms in total. The molecule has 0 saturated heterocycles. The summed E-state index contributed by atoms with van der Waals surface area (Å²) in [6.45, 7) is 0. The van der Waals surface area contributed by atoms with Crippen molar-refractivity contribution in [2.24, 2.45) is 17.3 Å². The van der Waals surface area contributed by atoms with Crippen LogP contribution in [-0.2, 0) is 0 Å². The molecule has 0 aromatic carbocycles. The van der Waals surface area contributed by atoms with Gasteiger partial charge < -0.3 is 0 Å². The van der Waals surface area contributed by atoms with Crippen molar-refractivity contribution in [3.63, 3.8) is 0 Å². The Hall–Kier alpha value is -0.520. The zero-order chi connectivity index (χ0) is 16.2. The van der Waals surface area contributed by atoms with Gasteiger partial charge in [-0.15, -0.1) is 0 Å². The quantitative estimate of drug-likeness (QED) is 0.466. The van der Waals surface area contributed by atoms with Gasteiger partial charge in [0.15, 0.2) is 0 Å². The number of fused-ring (bicyclic) bond motifs is 4. The molecule has 3 saturated carbocycles. The van der Waals surface area contributed by atoms with Crippen molar-refractivity contribution < 1.29 is 0 Å². The van der Waals surface area contributed by atoms with Crippen molar-refractivity contribution in [2.75, 3.05) is 0 Å². The van der Waals surface area contributed by atoms with Gasteiger partial charge in [-0.3, -0.25) is 0 Å². The second-order valence-corrected chi connectivity index (χ2v) is 9.37. The minimum atomic E-state index is 0.666. The zero-order valence-corrected chi connectivity index (χ0v) is 15.7. The molecule has 0 heterocycles. The number of rotatable bonds is 1. The molecule has 4 rings (SSSR count). The van der Waals surface area contributed by atoms with Crippen molar-refractivity contribution in [1.82, 2.24) is 0 Å². The van der Waals surface area contributed by atoms with Crippen LogP contribution >= 0.6 is 0 Å². The molecule has 0 spiro atoms. The van der Waals surface area contributed by atoms with Crippen molar-refractivity contribution >= 4 is 0 Å². The van der Waals surface area contributed by atoms with Gasteiger partial charge in [0.25, 0.3) is 0 Å². The third-order valence-corrected chi connectivity index (χ3v) is 7.77. The van der Waals surface area contributed by atoms with E-state index in [1.54, 1.807) is 12.0 Å². The lowest BCUT2D eigenvalue weighted by atomic mass is 9.55. The average molecular weight is 326 g/mol. The number of hydrogen-bond donors (Lipinski definition) is 0. The molecule has 3 fully saturated rings. The van der Waals surface area contributed by atoms with Gasteiger partial charge in [0, 0.05) is 5.92 Å². The van der Waals surface area contributed by atoms with Gasteiger partial charge in [0.1, 0.15) is 0 Å². The van der Waals surface area contributed by atoms with Crippen LogP contribution in [0.25, 0.3) is 0 Å². The molecule has 0 aromatic heterocycles. The largest absolute Gasteiger partial charge is 0.0768 e. The second-order valence-electron chi connectivity index (χ2n) is 9.37. The van der Waals surface area contributed by atoms with Gasteiger partial charge in [0.2, 0.25) is 0 Å². The van der Waals surface area contributed by atoms with Crippen molar-refractivity contribution in [2.45, 2.75) is 103 Å². The zero-order valence-electron chi connectivity index (χ0n) is 15.7. The van der Waals surface area contributed by atoms with Gasteiger partial charge in [-0.1, -0.05) is 81.6 Å². The molecular formula is C24H37. The molecule has 0 aliphatic heterocycles. The third-order valence-electron chi connectivity index (χ3n) is 7.77. The minimum Gasteiger partial charge on any atom is -0.0768 e. The predicted octanol–water partition coefficient (Wildman–Crippen LogP) is 7.56. The lowest BCUT2D eigenvalue weighted by Gasteiger charge is -2.49. The fourth-order valence-electron chi connectivity index (χ4n) is 6.61. The summed E-state index contributed by atoms with van der Waals surface area (Å²) in [5.74, 6) is 3.78. The Morgan fingerprint density at radius 3 is 2.58 bits per heavy atom. The Balaban J connectivity index is 1.61. The van der Waals surface area contributed by atoms with E-state index in [0.717, 1.165) is 11.8 Å². The molecule has 0 N–H and O–H groups in total. The summed E-state index contributed by atoms with van der Waals surface area (Å²) in [5.41, 5.74) is 2.39. The minimum absolute atomic E-state index is 0.666. The average Bonchev–Trinajstić information content (AvgIpc) is 2.72. The van der Waals surface area contributed by atoms with E-state index in [9.17, 15) is 0 Å². The molecule has 1 radical (unpaired) electrons. The Kier molecular flexibility index (Phi) is 5.50. The molecule has 3 unspecified atom stereocenters. The highest BCUT2D eigenvalue weighted by molar-refractivity contribution is 5.32. The van der Waals surface area contributed by atoms with E-state index < -0.39 is 0 Å². The van der Waals surface area contributed by atoms with Gasteiger partial charge in [-0.2, -0.15) is 0 Å².